The first-order valence-electron chi connectivity index (χ1n) is 3.68. The minimum absolute atomic E-state index is 0.0136. The summed E-state index contributed by atoms with van der Waals surface area (Å²) < 4.78 is 9.90. The number of hydrogen-bond acceptors (Lipinski definition) is 4. The summed E-state index contributed by atoms with van der Waals surface area (Å²) in [5.74, 6) is 0.0136. The van der Waals surface area contributed by atoms with E-state index in [2.05, 4.69) is 5.32 Å². The quantitative estimate of drug-likeness (QED) is 0.585. The molecule has 0 amide bonds. The molecule has 0 radical (unpaired) electrons. The van der Waals surface area contributed by atoms with E-state index in [-0.39, 0.29) is 18.5 Å². The number of rotatable bonds is 3. The van der Waals surface area contributed by atoms with Crippen LogP contribution in [-0.4, -0.2) is 45.3 Å². The molecule has 1 atom stereocenters. The first-order chi connectivity index (χ1) is 5.34. The monoisotopic (exact) mass is 159 g/mol. The summed E-state index contributed by atoms with van der Waals surface area (Å²) in [6, 6.07) is 0. The minimum Gasteiger partial charge on any atom is -0.377 e. The normalized spacial score (nSPS) is 25.0. The maximum absolute atomic E-state index is 11.1. The van der Waals surface area contributed by atoms with Crippen molar-refractivity contribution in [3.05, 3.63) is 0 Å². The molecule has 1 N–H and O–H groups in total. The van der Waals surface area contributed by atoms with Crippen LogP contribution >= 0.6 is 0 Å². The van der Waals surface area contributed by atoms with Gasteiger partial charge in [0, 0.05) is 20.2 Å². The standard InChI is InChI=1S/C7H13NO3/c1-10-5-6(9)7-4-8-2-3-11-7/h7-8H,2-5H2,1H3. The van der Waals surface area contributed by atoms with Crippen molar-refractivity contribution in [2.24, 2.45) is 0 Å². The van der Waals surface area contributed by atoms with E-state index in [1.165, 1.54) is 7.11 Å². The molecule has 1 rings (SSSR count). The Morgan fingerprint density at radius 1 is 1.82 bits per heavy atom. The van der Waals surface area contributed by atoms with Gasteiger partial charge in [0.1, 0.15) is 12.7 Å². The first-order valence-corrected chi connectivity index (χ1v) is 3.68. The van der Waals surface area contributed by atoms with E-state index < -0.39 is 0 Å². The molecular formula is C7H13NO3. The lowest BCUT2D eigenvalue weighted by Gasteiger charge is -2.21. The number of Topliss-reactive ketones (excluding diaryl/α,β-unsaturated/α-hetero) is 1. The van der Waals surface area contributed by atoms with Crippen molar-refractivity contribution in [2.45, 2.75) is 6.10 Å². The Balaban J connectivity index is 2.27. The van der Waals surface area contributed by atoms with Crippen LogP contribution in [0.3, 0.4) is 0 Å². The molecule has 0 aromatic heterocycles. The van der Waals surface area contributed by atoms with E-state index >= 15 is 0 Å². The topological polar surface area (TPSA) is 47.6 Å². The van der Waals surface area contributed by atoms with Gasteiger partial charge in [-0.2, -0.15) is 0 Å². The highest BCUT2D eigenvalue weighted by atomic mass is 16.5. The van der Waals surface area contributed by atoms with Crippen LogP contribution in [0.5, 0.6) is 0 Å². The van der Waals surface area contributed by atoms with Crippen LogP contribution in [0.1, 0.15) is 0 Å². The van der Waals surface area contributed by atoms with Crippen molar-refractivity contribution < 1.29 is 14.3 Å². The van der Waals surface area contributed by atoms with Crippen molar-refractivity contribution in [2.75, 3.05) is 33.4 Å². The molecule has 0 spiro atoms. The van der Waals surface area contributed by atoms with E-state index in [9.17, 15) is 4.79 Å². The molecule has 0 bridgehead atoms. The van der Waals surface area contributed by atoms with Gasteiger partial charge in [0.15, 0.2) is 5.78 Å². The van der Waals surface area contributed by atoms with Gasteiger partial charge in [0.2, 0.25) is 0 Å². The number of carbonyl (C=O) groups is 1. The van der Waals surface area contributed by atoms with E-state index in [1.807, 2.05) is 0 Å². The Bertz CT molecular complexity index is 132. The average Bonchev–Trinajstić information content (AvgIpc) is 2.07. The SMILES string of the molecule is COCC(=O)C1CNCCO1. The van der Waals surface area contributed by atoms with Crippen LogP contribution in [0.4, 0.5) is 0 Å². The largest absolute Gasteiger partial charge is 0.377 e. The minimum atomic E-state index is -0.302. The second-order valence-electron chi connectivity index (χ2n) is 2.46. The highest BCUT2D eigenvalue weighted by Gasteiger charge is 2.20. The first kappa shape index (κ1) is 8.64. The van der Waals surface area contributed by atoms with Gasteiger partial charge in [-0.1, -0.05) is 0 Å². The van der Waals surface area contributed by atoms with Gasteiger partial charge in [-0.05, 0) is 0 Å². The lowest BCUT2D eigenvalue weighted by molar-refractivity contribution is -0.135. The molecule has 4 heteroatoms. The molecule has 0 aliphatic carbocycles. The van der Waals surface area contributed by atoms with E-state index in [0.29, 0.717) is 13.2 Å². The third-order valence-electron chi connectivity index (χ3n) is 1.57. The Morgan fingerprint density at radius 2 is 2.64 bits per heavy atom. The fraction of sp³-hybridized carbons (Fsp3) is 0.857. The van der Waals surface area contributed by atoms with Gasteiger partial charge >= 0.3 is 0 Å². The summed E-state index contributed by atoms with van der Waals surface area (Å²) in [6.45, 7) is 2.20. The van der Waals surface area contributed by atoms with E-state index in [4.69, 9.17) is 9.47 Å². The summed E-state index contributed by atoms with van der Waals surface area (Å²) in [5, 5.41) is 3.07. The van der Waals surface area contributed by atoms with Gasteiger partial charge in [-0.3, -0.25) is 4.79 Å². The second-order valence-corrected chi connectivity index (χ2v) is 2.46. The zero-order valence-electron chi connectivity index (χ0n) is 6.63. The summed E-state index contributed by atoms with van der Waals surface area (Å²) in [5.41, 5.74) is 0. The number of methoxy groups -OCH3 is 1. The molecule has 0 aromatic carbocycles. The van der Waals surface area contributed by atoms with Crippen LogP contribution in [0.25, 0.3) is 0 Å². The summed E-state index contributed by atoms with van der Waals surface area (Å²) >= 11 is 0. The smallest absolute Gasteiger partial charge is 0.188 e. The van der Waals surface area contributed by atoms with E-state index in [0.717, 1.165) is 6.54 Å². The third-order valence-corrected chi connectivity index (χ3v) is 1.57. The summed E-state index contributed by atoms with van der Waals surface area (Å²) in [6.07, 6.45) is -0.302. The maximum atomic E-state index is 11.1. The van der Waals surface area contributed by atoms with Crippen molar-refractivity contribution in [3.8, 4) is 0 Å². The fourth-order valence-electron chi connectivity index (χ4n) is 1.01. The van der Waals surface area contributed by atoms with E-state index in [1.54, 1.807) is 0 Å². The molecular weight excluding hydrogens is 146 g/mol. The Labute approximate surface area is 65.9 Å². The maximum Gasteiger partial charge on any atom is 0.188 e. The van der Waals surface area contributed by atoms with Gasteiger partial charge in [-0.15, -0.1) is 0 Å². The van der Waals surface area contributed by atoms with Crippen LogP contribution in [0, 0.1) is 0 Å². The molecule has 4 nitrogen and oxygen atoms in total. The summed E-state index contributed by atoms with van der Waals surface area (Å²) in [7, 11) is 1.51. The number of ketones is 1. The highest BCUT2D eigenvalue weighted by molar-refractivity contribution is 5.84. The van der Waals surface area contributed by atoms with Gasteiger partial charge in [0.05, 0.1) is 6.61 Å². The summed E-state index contributed by atoms with van der Waals surface area (Å²) in [4.78, 5) is 11.1. The number of nitrogens with one attached hydrogen (secondary N) is 1. The van der Waals surface area contributed by atoms with Crippen LogP contribution in [0.2, 0.25) is 0 Å². The number of ether oxygens (including phenoxy) is 2. The fourth-order valence-corrected chi connectivity index (χ4v) is 1.01. The predicted molar refractivity (Wildman–Crippen MR) is 39.5 cm³/mol. The average molecular weight is 159 g/mol. The number of hydrogen-bond donors (Lipinski definition) is 1. The molecule has 11 heavy (non-hydrogen) atoms. The van der Waals surface area contributed by atoms with Crippen LogP contribution in [-0.2, 0) is 14.3 Å². The molecule has 1 fully saturated rings. The zero-order chi connectivity index (χ0) is 8.10. The highest BCUT2D eigenvalue weighted by Crippen LogP contribution is 1.97. The molecule has 0 saturated carbocycles. The molecule has 1 saturated heterocycles. The van der Waals surface area contributed by atoms with Crippen molar-refractivity contribution in [1.29, 1.82) is 0 Å². The molecule has 1 aliphatic heterocycles. The van der Waals surface area contributed by atoms with Gasteiger partial charge < -0.3 is 14.8 Å². The molecule has 0 aromatic rings. The Morgan fingerprint density at radius 3 is 3.18 bits per heavy atom. The lowest BCUT2D eigenvalue weighted by atomic mass is 10.2. The molecule has 1 aliphatic rings. The van der Waals surface area contributed by atoms with Crippen LogP contribution < -0.4 is 5.32 Å². The van der Waals surface area contributed by atoms with Crippen molar-refractivity contribution in [1.82, 2.24) is 5.32 Å². The van der Waals surface area contributed by atoms with Gasteiger partial charge in [-0.25, -0.2) is 0 Å². The van der Waals surface area contributed by atoms with Crippen molar-refractivity contribution >= 4 is 5.78 Å². The number of morpholine rings is 1. The molecule has 1 unspecified atom stereocenters. The third kappa shape index (κ3) is 2.57. The zero-order valence-corrected chi connectivity index (χ0v) is 6.63. The van der Waals surface area contributed by atoms with Crippen LogP contribution in [0.15, 0.2) is 0 Å². The van der Waals surface area contributed by atoms with Gasteiger partial charge in [0.25, 0.3) is 0 Å². The predicted octanol–water partition coefficient (Wildman–Crippen LogP) is -0.810. The molecule has 1 heterocycles. The van der Waals surface area contributed by atoms with Crippen molar-refractivity contribution in [3.63, 3.8) is 0 Å². The molecule has 64 valence electrons. The Kier molecular flexibility index (Phi) is 3.48. The lowest BCUT2D eigenvalue weighted by Crippen LogP contribution is -2.44. The number of carbonyl (C=O) groups excluding carboxylic acids is 1. The second kappa shape index (κ2) is 4.43. The Hall–Kier alpha value is -0.450.